The molecule has 7 heteroatoms. The third-order valence-corrected chi connectivity index (χ3v) is 5.31. The molecular formula is C25H26N2O5. The van der Waals surface area contributed by atoms with E-state index in [0.717, 1.165) is 22.3 Å². The normalized spacial score (nSPS) is 11.7. The van der Waals surface area contributed by atoms with E-state index in [4.69, 9.17) is 9.84 Å². The Hall–Kier alpha value is -3.79. The number of carboxylic acids is 1. The Morgan fingerprint density at radius 3 is 2.22 bits per heavy atom. The van der Waals surface area contributed by atoms with Gasteiger partial charge in [-0.05, 0) is 42.0 Å². The first-order valence-corrected chi connectivity index (χ1v) is 10.5. The van der Waals surface area contributed by atoms with Gasteiger partial charge in [0.05, 0.1) is 13.0 Å². The lowest BCUT2D eigenvalue weighted by molar-refractivity contribution is -0.138. The van der Waals surface area contributed by atoms with Crippen LogP contribution in [-0.2, 0) is 14.3 Å². The van der Waals surface area contributed by atoms with Crippen molar-refractivity contribution in [2.75, 3.05) is 19.7 Å². The van der Waals surface area contributed by atoms with Gasteiger partial charge >= 0.3 is 12.1 Å². The van der Waals surface area contributed by atoms with Crippen LogP contribution in [0.3, 0.4) is 0 Å². The van der Waals surface area contributed by atoms with E-state index in [1.54, 1.807) is 13.8 Å². The average Bonchev–Trinajstić information content (AvgIpc) is 3.09. The number of alkyl carbamates (subject to hydrolysis) is 1. The van der Waals surface area contributed by atoms with E-state index in [1.807, 2.05) is 36.4 Å². The maximum Gasteiger partial charge on any atom is 0.407 e. The summed E-state index contributed by atoms with van der Waals surface area (Å²) in [4.78, 5) is 36.4. The van der Waals surface area contributed by atoms with Crippen molar-refractivity contribution in [3.63, 3.8) is 0 Å². The number of ether oxygens (including phenoxy) is 1. The van der Waals surface area contributed by atoms with Gasteiger partial charge < -0.3 is 20.1 Å². The maximum atomic E-state index is 12.2. The van der Waals surface area contributed by atoms with Crippen LogP contribution in [0.1, 0.15) is 37.3 Å². The summed E-state index contributed by atoms with van der Waals surface area (Å²) in [6.45, 7) is 3.81. The van der Waals surface area contributed by atoms with Crippen molar-refractivity contribution in [1.29, 1.82) is 0 Å². The van der Waals surface area contributed by atoms with Crippen molar-refractivity contribution in [2.45, 2.75) is 32.2 Å². The zero-order valence-corrected chi connectivity index (χ0v) is 18.1. The number of amides is 2. The van der Waals surface area contributed by atoms with Gasteiger partial charge in [-0.2, -0.15) is 0 Å². The predicted molar refractivity (Wildman–Crippen MR) is 120 cm³/mol. The van der Waals surface area contributed by atoms with Gasteiger partial charge in [-0.25, -0.2) is 4.79 Å². The molecule has 0 atom stereocenters. The van der Waals surface area contributed by atoms with Crippen LogP contribution in [0.15, 0.2) is 48.5 Å². The molecule has 0 aromatic heterocycles. The second-order valence-corrected chi connectivity index (χ2v) is 7.72. The smallest absolute Gasteiger partial charge is 0.407 e. The molecular weight excluding hydrogens is 408 g/mol. The summed E-state index contributed by atoms with van der Waals surface area (Å²) in [5, 5.41) is 11.3. The Bertz CT molecular complexity index is 1020. The zero-order chi connectivity index (χ0) is 23.1. The highest BCUT2D eigenvalue weighted by Crippen LogP contribution is 2.44. The molecule has 2 N–H and O–H groups in total. The van der Waals surface area contributed by atoms with E-state index in [0.29, 0.717) is 0 Å². The summed E-state index contributed by atoms with van der Waals surface area (Å²) < 4.78 is 5.42. The molecule has 0 fully saturated rings. The summed E-state index contributed by atoms with van der Waals surface area (Å²) in [5.74, 6) is 3.55. The SMILES string of the molecule is CC(C)N(CCC(=O)O)C(=O)C#CCNC(=O)OCC1c2ccccc2-c2ccccc21. The van der Waals surface area contributed by atoms with Crippen LogP contribution in [0.25, 0.3) is 11.1 Å². The fraction of sp³-hybridized carbons (Fsp3) is 0.320. The molecule has 0 heterocycles. The number of carboxylic acid groups (broad SMARTS) is 1. The molecule has 3 rings (SSSR count). The topological polar surface area (TPSA) is 95.9 Å². The van der Waals surface area contributed by atoms with Gasteiger partial charge in [0.2, 0.25) is 0 Å². The quantitative estimate of drug-likeness (QED) is 0.653. The molecule has 0 unspecified atom stereocenters. The fourth-order valence-corrected chi connectivity index (χ4v) is 3.77. The Balaban J connectivity index is 1.51. The Morgan fingerprint density at radius 2 is 1.66 bits per heavy atom. The molecule has 2 aromatic rings. The summed E-state index contributed by atoms with van der Waals surface area (Å²) in [6.07, 6.45) is -0.760. The molecule has 0 bridgehead atoms. The number of hydrogen-bond donors (Lipinski definition) is 2. The number of nitrogens with one attached hydrogen (secondary N) is 1. The van der Waals surface area contributed by atoms with E-state index in [9.17, 15) is 14.4 Å². The second-order valence-electron chi connectivity index (χ2n) is 7.72. The van der Waals surface area contributed by atoms with Crippen LogP contribution in [-0.4, -0.2) is 53.7 Å². The molecule has 0 aliphatic heterocycles. The third-order valence-electron chi connectivity index (χ3n) is 5.31. The lowest BCUT2D eigenvalue weighted by atomic mass is 9.98. The number of carbonyl (C=O) groups is 3. The number of hydrogen-bond acceptors (Lipinski definition) is 4. The van der Waals surface area contributed by atoms with Crippen LogP contribution in [0.2, 0.25) is 0 Å². The summed E-state index contributed by atoms with van der Waals surface area (Å²) >= 11 is 0. The maximum absolute atomic E-state index is 12.2. The first kappa shape index (κ1) is 22.9. The predicted octanol–water partition coefficient (Wildman–Crippen LogP) is 3.24. The first-order chi connectivity index (χ1) is 15.4. The fourth-order valence-electron chi connectivity index (χ4n) is 3.77. The molecule has 2 aromatic carbocycles. The Morgan fingerprint density at radius 1 is 1.06 bits per heavy atom. The van der Waals surface area contributed by atoms with Crippen molar-refractivity contribution in [1.82, 2.24) is 10.2 Å². The lowest BCUT2D eigenvalue weighted by Gasteiger charge is -2.23. The largest absolute Gasteiger partial charge is 0.481 e. The van der Waals surface area contributed by atoms with Gasteiger partial charge in [0.25, 0.3) is 5.91 Å². The Kier molecular flexibility index (Phi) is 7.50. The summed E-state index contributed by atoms with van der Waals surface area (Å²) in [7, 11) is 0. The molecule has 0 spiro atoms. The lowest BCUT2D eigenvalue weighted by Crippen LogP contribution is -2.37. The van der Waals surface area contributed by atoms with Gasteiger partial charge in [-0.3, -0.25) is 9.59 Å². The van der Waals surface area contributed by atoms with Gasteiger partial charge in [0.15, 0.2) is 0 Å². The second kappa shape index (κ2) is 10.5. The van der Waals surface area contributed by atoms with Crippen molar-refractivity contribution in [3.8, 4) is 23.0 Å². The van der Waals surface area contributed by atoms with E-state index in [-0.39, 0.29) is 38.1 Å². The standard InChI is InChI=1S/C25H26N2O5/c1-17(2)27(15-13-24(29)30)23(28)12-7-14-26-25(31)32-16-22-20-10-5-3-8-18(20)19-9-4-6-11-21(19)22/h3-6,8-11,17,22H,13-16H2,1-2H3,(H,26,31)(H,29,30). The molecule has 0 saturated carbocycles. The van der Waals surface area contributed by atoms with Crippen molar-refractivity contribution >= 4 is 18.0 Å². The van der Waals surface area contributed by atoms with Crippen LogP contribution in [0, 0.1) is 11.8 Å². The number of fused-ring (bicyclic) bond motifs is 3. The number of carbonyl (C=O) groups excluding carboxylic acids is 2. The van der Waals surface area contributed by atoms with E-state index in [2.05, 4.69) is 29.3 Å². The van der Waals surface area contributed by atoms with Gasteiger partial charge in [-0.1, -0.05) is 54.5 Å². The number of benzene rings is 2. The molecule has 7 nitrogen and oxygen atoms in total. The molecule has 166 valence electrons. The molecule has 0 radical (unpaired) electrons. The summed E-state index contributed by atoms with van der Waals surface area (Å²) in [5.41, 5.74) is 4.56. The highest BCUT2D eigenvalue weighted by molar-refractivity contribution is 5.94. The van der Waals surface area contributed by atoms with Gasteiger partial charge in [0, 0.05) is 18.5 Å². The number of nitrogens with zero attached hydrogens (tertiary/aromatic N) is 1. The molecule has 1 aliphatic carbocycles. The minimum atomic E-state index is -0.978. The van der Waals surface area contributed by atoms with E-state index in [1.165, 1.54) is 4.90 Å². The third kappa shape index (κ3) is 5.46. The minimum absolute atomic E-state index is 0.0327. The first-order valence-electron chi connectivity index (χ1n) is 10.5. The van der Waals surface area contributed by atoms with Crippen LogP contribution < -0.4 is 5.32 Å². The average molecular weight is 434 g/mol. The zero-order valence-electron chi connectivity index (χ0n) is 18.1. The van der Waals surface area contributed by atoms with Crippen LogP contribution >= 0.6 is 0 Å². The Labute approximate surface area is 187 Å². The number of aliphatic carboxylic acids is 1. The van der Waals surface area contributed by atoms with Crippen molar-refractivity contribution < 1.29 is 24.2 Å². The highest BCUT2D eigenvalue weighted by Gasteiger charge is 2.28. The van der Waals surface area contributed by atoms with Crippen LogP contribution in [0.5, 0.6) is 0 Å². The van der Waals surface area contributed by atoms with Gasteiger partial charge in [-0.15, -0.1) is 0 Å². The minimum Gasteiger partial charge on any atom is -0.481 e. The molecule has 32 heavy (non-hydrogen) atoms. The van der Waals surface area contributed by atoms with E-state index < -0.39 is 18.0 Å². The molecule has 1 aliphatic rings. The highest BCUT2D eigenvalue weighted by atomic mass is 16.5. The van der Waals surface area contributed by atoms with Gasteiger partial charge in [0.1, 0.15) is 6.61 Å². The molecule has 2 amide bonds. The van der Waals surface area contributed by atoms with Crippen molar-refractivity contribution in [2.24, 2.45) is 0 Å². The summed E-state index contributed by atoms with van der Waals surface area (Å²) in [6, 6.07) is 16.0. The molecule has 0 saturated heterocycles. The van der Waals surface area contributed by atoms with Crippen LogP contribution in [0.4, 0.5) is 4.79 Å². The van der Waals surface area contributed by atoms with E-state index >= 15 is 0 Å². The van der Waals surface area contributed by atoms with Crippen molar-refractivity contribution in [3.05, 3.63) is 59.7 Å². The number of rotatable bonds is 7. The monoisotopic (exact) mass is 434 g/mol.